The quantitative estimate of drug-likeness (QED) is 0.810. The predicted molar refractivity (Wildman–Crippen MR) is 63.2 cm³/mol. The lowest BCUT2D eigenvalue weighted by Gasteiger charge is -2.18. The van der Waals surface area contributed by atoms with E-state index < -0.39 is 0 Å². The Morgan fingerprint density at radius 1 is 1.40 bits per heavy atom. The molecule has 0 spiro atoms. The van der Waals surface area contributed by atoms with Gasteiger partial charge in [0.1, 0.15) is 11.6 Å². The first-order valence-corrected chi connectivity index (χ1v) is 5.31. The van der Waals surface area contributed by atoms with Crippen LogP contribution in [0, 0.1) is 6.92 Å². The van der Waals surface area contributed by atoms with Crippen LogP contribution >= 0.6 is 0 Å². The van der Waals surface area contributed by atoms with Gasteiger partial charge in [0.25, 0.3) is 0 Å². The zero-order valence-corrected chi connectivity index (χ0v) is 9.99. The summed E-state index contributed by atoms with van der Waals surface area (Å²) in [7, 11) is 2.00. The van der Waals surface area contributed by atoms with Gasteiger partial charge in [0.2, 0.25) is 0 Å². The van der Waals surface area contributed by atoms with Gasteiger partial charge in [-0.05, 0) is 12.8 Å². The van der Waals surface area contributed by atoms with Crippen molar-refractivity contribution in [3.05, 3.63) is 17.6 Å². The second-order valence-electron chi connectivity index (χ2n) is 4.06. The molecule has 2 N–H and O–H groups in total. The monoisotopic (exact) mass is 208 g/mol. The van der Waals surface area contributed by atoms with Gasteiger partial charge in [0.05, 0.1) is 0 Å². The molecule has 1 rings (SSSR count). The smallest absolute Gasteiger partial charge is 0.132 e. The Labute approximate surface area is 91.5 Å². The number of likely N-dealkylation sites (N-methyl/N-ethyl adjacent to an activating group) is 1. The van der Waals surface area contributed by atoms with E-state index in [4.69, 9.17) is 5.73 Å². The average molecular weight is 208 g/mol. The van der Waals surface area contributed by atoms with Gasteiger partial charge in [-0.3, -0.25) is 0 Å². The summed E-state index contributed by atoms with van der Waals surface area (Å²) >= 11 is 0. The highest BCUT2D eigenvalue weighted by Crippen LogP contribution is 2.17. The molecule has 0 unspecified atom stereocenters. The van der Waals surface area contributed by atoms with Crippen LogP contribution < -0.4 is 10.6 Å². The van der Waals surface area contributed by atoms with E-state index >= 15 is 0 Å². The first-order chi connectivity index (χ1) is 7.04. The number of nitrogens with zero attached hydrogens (tertiary/aromatic N) is 3. The topological polar surface area (TPSA) is 55.0 Å². The van der Waals surface area contributed by atoms with E-state index in [0.29, 0.717) is 12.5 Å². The lowest BCUT2D eigenvalue weighted by molar-refractivity contribution is 0.787. The Bertz CT molecular complexity index is 322. The fourth-order valence-electron chi connectivity index (χ4n) is 1.37. The van der Waals surface area contributed by atoms with Crippen molar-refractivity contribution >= 4 is 5.82 Å². The van der Waals surface area contributed by atoms with Crippen LogP contribution in [0.4, 0.5) is 5.82 Å². The molecule has 0 saturated heterocycles. The average Bonchev–Trinajstić information content (AvgIpc) is 2.17. The van der Waals surface area contributed by atoms with Crippen molar-refractivity contribution in [2.24, 2.45) is 5.73 Å². The van der Waals surface area contributed by atoms with Crippen LogP contribution in [0.15, 0.2) is 6.07 Å². The zero-order chi connectivity index (χ0) is 11.4. The van der Waals surface area contributed by atoms with E-state index in [9.17, 15) is 0 Å². The summed E-state index contributed by atoms with van der Waals surface area (Å²) in [4.78, 5) is 10.9. The number of aryl methyl sites for hydroxylation is 1. The van der Waals surface area contributed by atoms with Crippen molar-refractivity contribution in [1.29, 1.82) is 0 Å². The Balaban J connectivity index is 2.98. The van der Waals surface area contributed by atoms with Crippen molar-refractivity contribution < 1.29 is 0 Å². The maximum absolute atomic E-state index is 5.52. The molecule has 0 radical (unpaired) electrons. The second kappa shape index (κ2) is 5.07. The van der Waals surface area contributed by atoms with Gasteiger partial charge in [-0.25, -0.2) is 9.97 Å². The summed E-state index contributed by atoms with van der Waals surface area (Å²) < 4.78 is 0. The van der Waals surface area contributed by atoms with Crippen molar-refractivity contribution in [3.63, 3.8) is 0 Å². The predicted octanol–water partition coefficient (Wildman–Crippen LogP) is 1.30. The molecular formula is C11H20N4. The molecule has 0 amide bonds. The van der Waals surface area contributed by atoms with Crippen LogP contribution in [0.2, 0.25) is 0 Å². The molecule has 4 nitrogen and oxygen atoms in total. The van der Waals surface area contributed by atoms with Crippen LogP contribution in [0.25, 0.3) is 0 Å². The molecule has 84 valence electrons. The SMILES string of the molecule is Cc1nc(C(C)C)cc(N(C)CCN)n1. The molecule has 1 aromatic heterocycles. The molecule has 0 atom stereocenters. The zero-order valence-electron chi connectivity index (χ0n) is 9.99. The van der Waals surface area contributed by atoms with Crippen molar-refractivity contribution in [2.75, 3.05) is 25.0 Å². The van der Waals surface area contributed by atoms with E-state index in [0.717, 1.165) is 23.9 Å². The summed E-state index contributed by atoms with van der Waals surface area (Å²) in [6, 6.07) is 2.04. The molecule has 1 heterocycles. The molecule has 0 fully saturated rings. The Morgan fingerprint density at radius 2 is 2.07 bits per heavy atom. The Kier molecular flexibility index (Phi) is 4.03. The highest BCUT2D eigenvalue weighted by Gasteiger charge is 2.08. The minimum absolute atomic E-state index is 0.428. The van der Waals surface area contributed by atoms with Crippen LogP contribution in [0.5, 0.6) is 0 Å². The van der Waals surface area contributed by atoms with E-state index in [-0.39, 0.29) is 0 Å². The van der Waals surface area contributed by atoms with Gasteiger partial charge in [-0.1, -0.05) is 13.8 Å². The molecule has 0 aliphatic rings. The molecular weight excluding hydrogens is 188 g/mol. The first kappa shape index (κ1) is 11.9. The molecule has 0 saturated carbocycles. The molecule has 0 aliphatic carbocycles. The lowest BCUT2D eigenvalue weighted by atomic mass is 10.1. The minimum atomic E-state index is 0.428. The van der Waals surface area contributed by atoms with Gasteiger partial charge in [0.15, 0.2) is 0 Å². The summed E-state index contributed by atoms with van der Waals surface area (Å²) in [6.07, 6.45) is 0. The molecule has 0 bridgehead atoms. The highest BCUT2D eigenvalue weighted by atomic mass is 15.2. The number of anilines is 1. The summed E-state index contributed by atoms with van der Waals surface area (Å²) in [6.45, 7) is 7.64. The van der Waals surface area contributed by atoms with E-state index in [1.54, 1.807) is 0 Å². The van der Waals surface area contributed by atoms with E-state index in [1.807, 2.05) is 20.0 Å². The van der Waals surface area contributed by atoms with Crippen LogP contribution in [-0.2, 0) is 0 Å². The standard InChI is InChI=1S/C11H20N4/c1-8(2)10-7-11(14-9(3)13-10)15(4)6-5-12/h7-8H,5-6,12H2,1-4H3. The number of nitrogens with two attached hydrogens (primary N) is 1. The summed E-state index contributed by atoms with van der Waals surface area (Å²) in [5.41, 5.74) is 6.60. The third-order valence-corrected chi connectivity index (χ3v) is 2.29. The fraction of sp³-hybridized carbons (Fsp3) is 0.636. The normalized spacial score (nSPS) is 10.8. The Hall–Kier alpha value is -1.16. The number of rotatable bonds is 4. The van der Waals surface area contributed by atoms with Crippen LogP contribution in [0.1, 0.15) is 31.3 Å². The molecule has 4 heteroatoms. The number of hydrogen-bond acceptors (Lipinski definition) is 4. The summed E-state index contributed by atoms with van der Waals surface area (Å²) in [5.74, 6) is 2.20. The molecule has 0 aromatic carbocycles. The fourth-order valence-corrected chi connectivity index (χ4v) is 1.37. The Morgan fingerprint density at radius 3 is 2.60 bits per heavy atom. The van der Waals surface area contributed by atoms with Gasteiger partial charge in [0, 0.05) is 31.9 Å². The van der Waals surface area contributed by atoms with Crippen molar-refractivity contribution in [2.45, 2.75) is 26.7 Å². The maximum Gasteiger partial charge on any atom is 0.132 e. The van der Waals surface area contributed by atoms with E-state index in [1.165, 1.54) is 0 Å². The summed E-state index contributed by atoms with van der Waals surface area (Å²) in [5, 5.41) is 0. The highest BCUT2D eigenvalue weighted by molar-refractivity contribution is 5.39. The van der Waals surface area contributed by atoms with Crippen molar-refractivity contribution in [3.8, 4) is 0 Å². The lowest BCUT2D eigenvalue weighted by Crippen LogP contribution is -2.26. The van der Waals surface area contributed by atoms with Gasteiger partial charge in [-0.15, -0.1) is 0 Å². The van der Waals surface area contributed by atoms with Crippen molar-refractivity contribution in [1.82, 2.24) is 9.97 Å². The van der Waals surface area contributed by atoms with E-state index in [2.05, 4.69) is 28.7 Å². The minimum Gasteiger partial charge on any atom is -0.358 e. The van der Waals surface area contributed by atoms with Gasteiger partial charge in [-0.2, -0.15) is 0 Å². The second-order valence-corrected chi connectivity index (χ2v) is 4.06. The van der Waals surface area contributed by atoms with Gasteiger partial charge < -0.3 is 10.6 Å². The molecule has 0 aliphatic heterocycles. The number of hydrogen-bond donors (Lipinski definition) is 1. The van der Waals surface area contributed by atoms with Crippen LogP contribution in [0.3, 0.4) is 0 Å². The molecule has 1 aromatic rings. The van der Waals surface area contributed by atoms with Crippen LogP contribution in [-0.4, -0.2) is 30.1 Å². The number of aromatic nitrogens is 2. The third-order valence-electron chi connectivity index (χ3n) is 2.29. The van der Waals surface area contributed by atoms with Gasteiger partial charge >= 0.3 is 0 Å². The maximum atomic E-state index is 5.52. The molecule has 15 heavy (non-hydrogen) atoms. The third kappa shape index (κ3) is 3.16. The largest absolute Gasteiger partial charge is 0.358 e. The first-order valence-electron chi connectivity index (χ1n) is 5.31.